The lowest BCUT2D eigenvalue weighted by Crippen LogP contribution is -2.66. The van der Waals surface area contributed by atoms with E-state index in [1.807, 2.05) is 0 Å². The standard InChI is InChI=1S/C45H92NO2/c1-7-11-15-19-23-25-26-27-29-31-35-39-43-48-45(5,44(47)40-36-32-30-28-24-20-16-12-8-2)46(6,41-37-33-21-17-13-9-3)42-38-34-22-18-14-10-4/h7-43H2,1-6H3/q+1. The third kappa shape index (κ3) is 25.5. The number of Topliss-reactive ketones (excluding diaryl/α,β-unsaturated/α-hetero) is 1. The van der Waals surface area contributed by atoms with Gasteiger partial charge in [-0.25, -0.2) is 0 Å². The SMILES string of the molecule is CCCCCCCCCCCCCCOC(C)(C(=O)CCCCCCCCCCC)[N+](C)(CCCCCCCC)CCCCCCCC. The quantitative estimate of drug-likeness (QED) is 0.0366. The number of ketones is 1. The van der Waals surface area contributed by atoms with Crippen molar-refractivity contribution in [1.29, 1.82) is 0 Å². The second kappa shape index (κ2) is 35.0. The summed E-state index contributed by atoms with van der Waals surface area (Å²) in [4.78, 5) is 14.3. The number of ether oxygens (including phenoxy) is 1. The van der Waals surface area contributed by atoms with Gasteiger partial charge in [-0.2, -0.15) is 0 Å². The van der Waals surface area contributed by atoms with Crippen LogP contribution in [0.2, 0.25) is 0 Å². The summed E-state index contributed by atoms with van der Waals surface area (Å²) in [7, 11) is 2.38. The molecule has 0 N–H and O–H groups in total. The molecule has 0 radical (unpaired) electrons. The number of hydrogen-bond donors (Lipinski definition) is 0. The molecule has 48 heavy (non-hydrogen) atoms. The second-order valence-electron chi connectivity index (χ2n) is 16.1. The number of quaternary nitrogens is 1. The molecule has 1 unspecified atom stereocenters. The fourth-order valence-electron chi connectivity index (χ4n) is 7.60. The smallest absolute Gasteiger partial charge is 0.260 e. The molecule has 0 aromatic rings. The van der Waals surface area contributed by atoms with E-state index in [1.165, 1.54) is 199 Å². The summed E-state index contributed by atoms with van der Waals surface area (Å²) in [6.45, 7) is 14.3. The summed E-state index contributed by atoms with van der Waals surface area (Å²) in [5.41, 5.74) is -0.717. The molecule has 0 bridgehead atoms. The molecule has 1 atom stereocenters. The highest BCUT2D eigenvalue weighted by Gasteiger charge is 2.50. The Morgan fingerprint density at radius 1 is 0.417 bits per heavy atom. The van der Waals surface area contributed by atoms with Gasteiger partial charge in [0.25, 0.3) is 5.72 Å². The Balaban J connectivity index is 5.16. The van der Waals surface area contributed by atoms with E-state index in [2.05, 4.69) is 41.7 Å². The first-order chi connectivity index (χ1) is 23.4. The molecule has 0 aliphatic carbocycles. The maximum absolute atomic E-state index is 14.3. The minimum atomic E-state index is -0.717. The molecule has 0 saturated carbocycles. The molecular weight excluding hydrogens is 587 g/mol. The van der Waals surface area contributed by atoms with Gasteiger partial charge in [0, 0.05) is 13.3 Å². The second-order valence-corrected chi connectivity index (χ2v) is 16.1. The molecule has 0 heterocycles. The molecule has 0 amide bonds. The third-order valence-corrected chi connectivity index (χ3v) is 11.4. The Labute approximate surface area is 304 Å². The van der Waals surface area contributed by atoms with Gasteiger partial charge >= 0.3 is 0 Å². The number of likely N-dealkylation sites (N-methyl/N-ethyl adjacent to an activating group) is 1. The van der Waals surface area contributed by atoms with Crippen LogP contribution in [0.3, 0.4) is 0 Å². The van der Waals surface area contributed by atoms with Crippen molar-refractivity contribution in [2.75, 3.05) is 26.7 Å². The van der Waals surface area contributed by atoms with Crippen molar-refractivity contribution in [1.82, 2.24) is 0 Å². The lowest BCUT2D eigenvalue weighted by atomic mass is 9.96. The van der Waals surface area contributed by atoms with Crippen molar-refractivity contribution < 1.29 is 14.0 Å². The summed E-state index contributed by atoms with van der Waals surface area (Å²) in [5.74, 6) is 0.379. The molecule has 3 heteroatoms. The Kier molecular flexibility index (Phi) is 34.7. The molecule has 288 valence electrons. The van der Waals surface area contributed by atoms with Crippen LogP contribution in [0.5, 0.6) is 0 Å². The van der Waals surface area contributed by atoms with Crippen LogP contribution in [-0.2, 0) is 9.53 Å². The van der Waals surface area contributed by atoms with Crippen molar-refractivity contribution in [2.24, 2.45) is 0 Å². The van der Waals surface area contributed by atoms with Gasteiger partial charge in [0.05, 0.1) is 26.7 Å². The number of hydrogen-bond acceptors (Lipinski definition) is 2. The van der Waals surface area contributed by atoms with Gasteiger partial charge in [0.1, 0.15) is 0 Å². The van der Waals surface area contributed by atoms with Crippen molar-refractivity contribution >= 4 is 5.78 Å². The zero-order valence-corrected chi connectivity index (χ0v) is 34.4. The van der Waals surface area contributed by atoms with Gasteiger partial charge < -0.3 is 4.74 Å². The molecular formula is C45H92NO2+. The minimum absolute atomic E-state index is 0.379. The lowest BCUT2D eigenvalue weighted by Gasteiger charge is -2.48. The van der Waals surface area contributed by atoms with Gasteiger partial charge in [0.15, 0.2) is 0 Å². The van der Waals surface area contributed by atoms with Crippen LogP contribution < -0.4 is 0 Å². The van der Waals surface area contributed by atoms with Gasteiger partial charge in [-0.1, -0.05) is 201 Å². The monoisotopic (exact) mass is 679 g/mol. The fraction of sp³-hybridized carbons (Fsp3) is 0.978. The summed E-state index contributed by atoms with van der Waals surface area (Å²) >= 11 is 0. The predicted octanol–water partition coefficient (Wildman–Crippen LogP) is 15.1. The third-order valence-electron chi connectivity index (χ3n) is 11.4. The highest BCUT2D eigenvalue weighted by Crippen LogP contribution is 2.31. The van der Waals surface area contributed by atoms with Crippen LogP contribution in [-0.4, -0.2) is 42.7 Å². The van der Waals surface area contributed by atoms with Crippen LogP contribution in [0.1, 0.15) is 253 Å². The number of rotatable bonds is 40. The number of carbonyl (C=O) groups excluding carboxylic acids is 1. The predicted molar refractivity (Wildman–Crippen MR) is 215 cm³/mol. The fourth-order valence-corrected chi connectivity index (χ4v) is 7.60. The Hall–Kier alpha value is -0.410. The van der Waals surface area contributed by atoms with E-state index in [9.17, 15) is 4.79 Å². The number of nitrogens with zero attached hydrogens (tertiary/aromatic N) is 1. The van der Waals surface area contributed by atoms with Crippen LogP contribution in [0.25, 0.3) is 0 Å². The molecule has 0 aliphatic rings. The summed E-state index contributed by atoms with van der Waals surface area (Å²) in [6, 6.07) is 0. The normalized spacial score (nSPS) is 13.3. The summed E-state index contributed by atoms with van der Waals surface area (Å²) in [6.07, 6.45) is 44.2. The van der Waals surface area contributed by atoms with Gasteiger partial charge in [-0.05, 0) is 38.5 Å². The molecule has 3 nitrogen and oxygen atoms in total. The van der Waals surface area contributed by atoms with Crippen molar-refractivity contribution in [3.05, 3.63) is 0 Å². The summed E-state index contributed by atoms with van der Waals surface area (Å²) < 4.78 is 7.68. The van der Waals surface area contributed by atoms with Crippen LogP contribution in [0.4, 0.5) is 0 Å². The lowest BCUT2D eigenvalue weighted by molar-refractivity contribution is -0.971. The van der Waals surface area contributed by atoms with E-state index in [-0.39, 0.29) is 0 Å². The Morgan fingerprint density at radius 2 is 0.688 bits per heavy atom. The average Bonchev–Trinajstić information content (AvgIpc) is 3.08. The zero-order chi connectivity index (χ0) is 35.4. The first-order valence-electron chi connectivity index (χ1n) is 22.4. The van der Waals surface area contributed by atoms with Crippen LogP contribution >= 0.6 is 0 Å². The van der Waals surface area contributed by atoms with Crippen LogP contribution in [0.15, 0.2) is 0 Å². The maximum Gasteiger partial charge on any atom is 0.260 e. The highest BCUT2D eigenvalue weighted by atomic mass is 16.5. The van der Waals surface area contributed by atoms with Gasteiger partial charge in [-0.3, -0.25) is 9.28 Å². The first-order valence-corrected chi connectivity index (χ1v) is 22.4. The Morgan fingerprint density at radius 3 is 1.02 bits per heavy atom. The summed E-state index contributed by atoms with van der Waals surface area (Å²) in [5, 5.41) is 0. The van der Waals surface area contributed by atoms with E-state index in [1.54, 1.807) is 0 Å². The van der Waals surface area contributed by atoms with E-state index in [0.717, 1.165) is 37.0 Å². The zero-order valence-electron chi connectivity index (χ0n) is 34.4. The number of unbranched alkanes of at least 4 members (excludes halogenated alkanes) is 29. The first kappa shape index (κ1) is 47.6. The van der Waals surface area contributed by atoms with E-state index in [4.69, 9.17) is 4.74 Å². The molecule has 0 aromatic heterocycles. The van der Waals surface area contributed by atoms with E-state index < -0.39 is 5.72 Å². The Bertz CT molecular complexity index is 647. The molecule has 0 saturated heterocycles. The van der Waals surface area contributed by atoms with Crippen molar-refractivity contribution in [2.45, 2.75) is 259 Å². The van der Waals surface area contributed by atoms with Gasteiger partial charge in [-0.15, -0.1) is 0 Å². The van der Waals surface area contributed by atoms with E-state index >= 15 is 0 Å². The van der Waals surface area contributed by atoms with Crippen molar-refractivity contribution in [3.63, 3.8) is 0 Å². The molecule has 0 rings (SSSR count). The van der Waals surface area contributed by atoms with Gasteiger partial charge in [0.2, 0.25) is 5.78 Å². The minimum Gasteiger partial charge on any atom is -0.321 e. The van der Waals surface area contributed by atoms with Crippen LogP contribution in [0, 0.1) is 0 Å². The largest absolute Gasteiger partial charge is 0.321 e. The molecule has 0 spiro atoms. The van der Waals surface area contributed by atoms with Crippen molar-refractivity contribution in [3.8, 4) is 0 Å². The molecule has 0 fully saturated rings. The highest BCUT2D eigenvalue weighted by molar-refractivity contribution is 5.85. The topological polar surface area (TPSA) is 26.3 Å². The molecule has 0 aromatic carbocycles. The number of carbonyl (C=O) groups is 1. The van der Waals surface area contributed by atoms with E-state index in [0.29, 0.717) is 12.2 Å². The average molecular weight is 679 g/mol. The molecule has 0 aliphatic heterocycles. The maximum atomic E-state index is 14.3.